The van der Waals surface area contributed by atoms with Crippen molar-refractivity contribution in [1.29, 1.82) is 0 Å². The average molecular weight is 287 g/mol. The summed E-state index contributed by atoms with van der Waals surface area (Å²) in [4.78, 5) is 14.6. The Hall–Kier alpha value is -2.34. The Balaban J connectivity index is 2.33. The van der Waals surface area contributed by atoms with Crippen molar-refractivity contribution in [2.24, 2.45) is 0 Å². The van der Waals surface area contributed by atoms with Gasteiger partial charge in [-0.1, -0.05) is 0 Å². The third-order valence-corrected chi connectivity index (χ3v) is 4.62. The van der Waals surface area contributed by atoms with Crippen LogP contribution in [0.1, 0.15) is 6.92 Å². The van der Waals surface area contributed by atoms with E-state index in [0.29, 0.717) is 32.5 Å². The minimum atomic E-state index is -1.40. The topological polar surface area (TPSA) is 89.4 Å². The first kappa shape index (κ1) is 12.7. The molecule has 0 fully saturated rings. The van der Waals surface area contributed by atoms with Crippen molar-refractivity contribution in [3.8, 4) is 0 Å². The molecule has 0 atom stereocenters. The van der Waals surface area contributed by atoms with Crippen molar-refractivity contribution < 1.29 is 9.00 Å². The molecule has 0 aliphatic carbocycles. The molecule has 1 aliphatic heterocycles. The number of nitrogens with two attached hydrogens (primary N) is 2. The van der Waals surface area contributed by atoms with Gasteiger partial charge in [0, 0.05) is 18.3 Å². The average Bonchev–Trinajstić information content (AvgIpc) is 2.40. The van der Waals surface area contributed by atoms with Crippen LogP contribution in [0.15, 0.2) is 46.2 Å². The van der Waals surface area contributed by atoms with Crippen LogP contribution in [0.2, 0.25) is 0 Å². The molecule has 0 saturated carbocycles. The van der Waals surface area contributed by atoms with Crippen LogP contribution in [0, 0.1) is 0 Å². The lowest BCUT2D eigenvalue weighted by atomic mass is 10.2. The van der Waals surface area contributed by atoms with E-state index in [-0.39, 0.29) is 5.91 Å². The number of carbonyl (C=O) groups excluding carboxylic acids is 1. The molecule has 2 aromatic carbocycles. The minimum Gasteiger partial charge on any atom is -0.399 e. The third kappa shape index (κ3) is 1.77. The van der Waals surface area contributed by atoms with Crippen molar-refractivity contribution >= 4 is 39.5 Å². The normalized spacial score (nSPS) is 13.8. The fourth-order valence-electron chi connectivity index (χ4n) is 2.32. The maximum atomic E-state index is 12.6. The van der Waals surface area contributed by atoms with Gasteiger partial charge in [-0.05, 0) is 36.4 Å². The molecule has 4 N–H and O–H groups in total. The molecule has 1 amide bonds. The first-order chi connectivity index (χ1) is 9.49. The summed E-state index contributed by atoms with van der Waals surface area (Å²) >= 11 is 0. The number of hydrogen-bond donors (Lipinski definition) is 2. The van der Waals surface area contributed by atoms with E-state index in [0.717, 1.165) is 0 Å². The fourth-order valence-corrected chi connectivity index (χ4v) is 3.74. The van der Waals surface area contributed by atoms with E-state index in [1.807, 2.05) is 0 Å². The van der Waals surface area contributed by atoms with Gasteiger partial charge in [-0.25, -0.2) is 4.21 Å². The summed E-state index contributed by atoms with van der Waals surface area (Å²) in [6.07, 6.45) is 0. The Morgan fingerprint density at radius 2 is 1.45 bits per heavy atom. The number of nitrogens with zero attached hydrogens (tertiary/aromatic N) is 1. The van der Waals surface area contributed by atoms with Crippen molar-refractivity contribution in [2.75, 3.05) is 16.4 Å². The Kier molecular flexibility index (Phi) is 2.76. The molecule has 102 valence electrons. The maximum absolute atomic E-state index is 12.6. The lowest BCUT2D eigenvalue weighted by molar-refractivity contribution is -0.115. The Morgan fingerprint density at radius 1 is 1.00 bits per heavy atom. The Morgan fingerprint density at radius 3 is 1.85 bits per heavy atom. The van der Waals surface area contributed by atoms with E-state index >= 15 is 0 Å². The Bertz CT molecular complexity index is 703. The van der Waals surface area contributed by atoms with Crippen LogP contribution in [0.4, 0.5) is 22.7 Å². The van der Waals surface area contributed by atoms with E-state index in [2.05, 4.69) is 0 Å². The van der Waals surface area contributed by atoms with E-state index in [1.54, 1.807) is 36.4 Å². The highest BCUT2D eigenvalue weighted by Gasteiger charge is 2.30. The number of fused-ring (bicyclic) bond motifs is 2. The number of benzene rings is 2. The van der Waals surface area contributed by atoms with Crippen LogP contribution in [-0.2, 0) is 15.6 Å². The highest BCUT2D eigenvalue weighted by molar-refractivity contribution is 7.85. The molecule has 6 heteroatoms. The predicted molar refractivity (Wildman–Crippen MR) is 79.2 cm³/mol. The first-order valence-electron chi connectivity index (χ1n) is 6.00. The molecule has 0 bridgehead atoms. The van der Waals surface area contributed by atoms with Crippen molar-refractivity contribution in [1.82, 2.24) is 0 Å². The van der Waals surface area contributed by atoms with Gasteiger partial charge in [-0.15, -0.1) is 0 Å². The minimum absolute atomic E-state index is 0.154. The van der Waals surface area contributed by atoms with Gasteiger partial charge in [0.05, 0.1) is 32.0 Å². The molecule has 0 aromatic heterocycles. The summed E-state index contributed by atoms with van der Waals surface area (Å²) in [6.45, 7) is 1.47. The number of hydrogen-bond acceptors (Lipinski definition) is 4. The van der Waals surface area contributed by atoms with Gasteiger partial charge in [-0.2, -0.15) is 0 Å². The van der Waals surface area contributed by atoms with Crippen LogP contribution in [0.25, 0.3) is 0 Å². The summed E-state index contributed by atoms with van der Waals surface area (Å²) < 4.78 is 12.6. The summed E-state index contributed by atoms with van der Waals surface area (Å²) in [6, 6.07) is 10.1. The number of rotatable bonds is 0. The van der Waals surface area contributed by atoms with Gasteiger partial charge in [0.1, 0.15) is 0 Å². The number of amides is 1. The predicted octanol–water partition coefficient (Wildman–Crippen LogP) is 2.02. The molecule has 0 spiro atoms. The second kappa shape index (κ2) is 4.35. The monoisotopic (exact) mass is 287 g/mol. The molecule has 0 unspecified atom stereocenters. The van der Waals surface area contributed by atoms with Gasteiger partial charge in [0.15, 0.2) is 0 Å². The highest BCUT2D eigenvalue weighted by Crippen LogP contribution is 2.43. The van der Waals surface area contributed by atoms with E-state index in [9.17, 15) is 9.00 Å². The van der Waals surface area contributed by atoms with Crippen LogP contribution in [0.3, 0.4) is 0 Å². The van der Waals surface area contributed by atoms with Crippen molar-refractivity contribution in [3.05, 3.63) is 36.4 Å². The van der Waals surface area contributed by atoms with Gasteiger partial charge < -0.3 is 11.5 Å². The summed E-state index contributed by atoms with van der Waals surface area (Å²) in [5.41, 5.74) is 13.7. The molecule has 1 aliphatic rings. The number of nitrogen functional groups attached to an aromatic ring is 2. The summed E-state index contributed by atoms with van der Waals surface area (Å²) in [7, 11) is -1.40. The molecule has 0 radical (unpaired) electrons. The van der Waals surface area contributed by atoms with Gasteiger partial charge in [0.25, 0.3) is 0 Å². The molecule has 2 aromatic rings. The molecular weight excluding hydrogens is 274 g/mol. The first-order valence-corrected chi connectivity index (χ1v) is 7.15. The van der Waals surface area contributed by atoms with E-state index in [1.165, 1.54) is 11.8 Å². The second-order valence-electron chi connectivity index (χ2n) is 4.58. The van der Waals surface area contributed by atoms with Gasteiger partial charge in [0.2, 0.25) is 5.91 Å². The zero-order chi connectivity index (χ0) is 14.4. The summed E-state index contributed by atoms with van der Waals surface area (Å²) in [5.74, 6) is -0.154. The van der Waals surface area contributed by atoms with Gasteiger partial charge >= 0.3 is 0 Å². The number of anilines is 4. The largest absolute Gasteiger partial charge is 0.399 e. The molecule has 0 saturated heterocycles. The lowest BCUT2D eigenvalue weighted by Crippen LogP contribution is -2.28. The maximum Gasteiger partial charge on any atom is 0.228 e. The smallest absolute Gasteiger partial charge is 0.228 e. The SMILES string of the molecule is CC(=O)N1c2ccc(N)cc2S(=O)c2cc(N)ccc21. The molecule has 5 nitrogen and oxygen atoms in total. The van der Waals surface area contributed by atoms with E-state index in [4.69, 9.17) is 11.5 Å². The quantitative estimate of drug-likeness (QED) is 0.725. The van der Waals surface area contributed by atoms with Crippen LogP contribution >= 0.6 is 0 Å². The zero-order valence-electron chi connectivity index (χ0n) is 10.8. The van der Waals surface area contributed by atoms with Crippen molar-refractivity contribution in [2.45, 2.75) is 16.7 Å². The zero-order valence-corrected chi connectivity index (χ0v) is 11.6. The fraction of sp³-hybridized carbons (Fsp3) is 0.0714. The lowest BCUT2D eigenvalue weighted by Gasteiger charge is -2.30. The highest BCUT2D eigenvalue weighted by atomic mass is 32.2. The molecule has 20 heavy (non-hydrogen) atoms. The molecule has 3 rings (SSSR count). The number of carbonyl (C=O) groups is 1. The van der Waals surface area contributed by atoms with Crippen LogP contribution in [0.5, 0.6) is 0 Å². The van der Waals surface area contributed by atoms with Crippen LogP contribution < -0.4 is 16.4 Å². The molecule has 1 heterocycles. The van der Waals surface area contributed by atoms with Crippen LogP contribution in [-0.4, -0.2) is 10.1 Å². The third-order valence-electron chi connectivity index (χ3n) is 3.16. The summed E-state index contributed by atoms with van der Waals surface area (Å²) in [5, 5.41) is 0. The Labute approximate surface area is 118 Å². The van der Waals surface area contributed by atoms with E-state index < -0.39 is 10.8 Å². The van der Waals surface area contributed by atoms with Gasteiger partial charge in [-0.3, -0.25) is 9.69 Å². The standard InChI is InChI=1S/C14H13N3O2S/c1-8(18)17-11-4-2-9(15)6-13(11)20(19)14-7-10(16)3-5-12(14)17/h2-7H,15-16H2,1H3. The molecular formula is C14H13N3O2S. The van der Waals surface area contributed by atoms with Crippen molar-refractivity contribution in [3.63, 3.8) is 0 Å². The second-order valence-corrected chi connectivity index (χ2v) is 5.99.